The van der Waals surface area contributed by atoms with Crippen LogP contribution in [0.4, 0.5) is 5.82 Å². The van der Waals surface area contributed by atoms with E-state index in [-0.39, 0.29) is 0 Å². The second-order valence-electron chi connectivity index (χ2n) is 5.09. The van der Waals surface area contributed by atoms with Gasteiger partial charge in [0.15, 0.2) is 5.82 Å². The molecule has 21 heavy (non-hydrogen) atoms. The van der Waals surface area contributed by atoms with Crippen LogP contribution in [0.15, 0.2) is 43.1 Å². The Hall–Kier alpha value is -2.56. The molecule has 5 heteroatoms. The third-order valence-electron chi connectivity index (χ3n) is 3.52. The summed E-state index contributed by atoms with van der Waals surface area (Å²) in [5.41, 5.74) is 1.61. The molecule has 3 rings (SSSR count). The lowest BCUT2D eigenvalue weighted by Gasteiger charge is -2.21. The molecule has 1 aliphatic carbocycles. The van der Waals surface area contributed by atoms with Gasteiger partial charge in [0, 0.05) is 24.9 Å². The summed E-state index contributed by atoms with van der Waals surface area (Å²) in [6.45, 7) is 4.52. The highest BCUT2D eigenvalue weighted by Crippen LogP contribution is 2.34. The highest BCUT2D eigenvalue weighted by molar-refractivity contribution is 5.86. The van der Waals surface area contributed by atoms with Crippen LogP contribution in [0.25, 0.3) is 11.7 Å². The smallest absolute Gasteiger partial charge is 0.328 e. The number of anilines is 1. The zero-order valence-electron chi connectivity index (χ0n) is 11.6. The second-order valence-corrected chi connectivity index (χ2v) is 5.09. The number of nitrogens with zero attached hydrogens (tertiary/aromatic N) is 3. The van der Waals surface area contributed by atoms with Crippen LogP contribution in [0.3, 0.4) is 0 Å². The molecule has 0 amide bonds. The van der Waals surface area contributed by atoms with Crippen molar-refractivity contribution in [3.05, 3.63) is 48.8 Å². The Bertz CT molecular complexity index is 713. The maximum absolute atomic E-state index is 10.8. The van der Waals surface area contributed by atoms with Crippen LogP contribution in [0.5, 0.6) is 0 Å². The minimum Gasteiger partial charge on any atom is -0.478 e. The summed E-state index contributed by atoms with van der Waals surface area (Å²) in [4.78, 5) is 17.7. The number of hydrogen-bond donors (Lipinski definition) is 1. The summed E-state index contributed by atoms with van der Waals surface area (Å²) in [5, 5.41) is 8.89. The van der Waals surface area contributed by atoms with E-state index >= 15 is 0 Å². The molecule has 5 nitrogen and oxygen atoms in total. The van der Waals surface area contributed by atoms with Gasteiger partial charge in [-0.1, -0.05) is 12.1 Å². The molecule has 1 saturated carbocycles. The SMILES string of the molecule is C=CCN(c1nc2ccccn2c1/C=C/C(=O)O)C1CC1. The molecular formula is C16H17N3O2. The fourth-order valence-corrected chi connectivity index (χ4v) is 2.45. The first-order valence-electron chi connectivity index (χ1n) is 6.96. The summed E-state index contributed by atoms with van der Waals surface area (Å²) in [5.74, 6) is -0.144. The third-order valence-corrected chi connectivity index (χ3v) is 3.52. The van der Waals surface area contributed by atoms with Gasteiger partial charge in [-0.15, -0.1) is 6.58 Å². The molecular weight excluding hydrogens is 266 g/mol. The van der Waals surface area contributed by atoms with Crippen LogP contribution < -0.4 is 4.90 Å². The number of carboxylic acid groups (broad SMARTS) is 1. The first-order valence-corrected chi connectivity index (χ1v) is 6.96. The summed E-state index contributed by atoms with van der Waals surface area (Å²) in [6, 6.07) is 6.22. The standard InChI is InChI=1S/C16H17N3O2/c1-2-10-18(12-6-7-12)16-13(8-9-15(20)21)19-11-4-3-5-14(19)17-16/h2-5,8-9,11-12H,1,6-7,10H2,(H,20,21)/b9-8+. The normalized spacial score (nSPS) is 14.7. The Morgan fingerprint density at radius 2 is 2.33 bits per heavy atom. The van der Waals surface area contributed by atoms with Crippen LogP contribution in [-0.2, 0) is 4.79 Å². The average Bonchev–Trinajstić information content (AvgIpc) is 3.23. The third kappa shape index (κ3) is 2.67. The molecule has 0 spiro atoms. The maximum atomic E-state index is 10.8. The summed E-state index contributed by atoms with van der Waals surface area (Å²) in [6.07, 6.45) is 8.79. The molecule has 0 atom stereocenters. The van der Waals surface area contributed by atoms with Crippen molar-refractivity contribution in [1.29, 1.82) is 0 Å². The molecule has 2 heterocycles. The van der Waals surface area contributed by atoms with E-state index in [0.29, 0.717) is 12.6 Å². The van der Waals surface area contributed by atoms with Gasteiger partial charge in [0.25, 0.3) is 0 Å². The first kappa shape index (κ1) is 13.4. The van der Waals surface area contributed by atoms with E-state index in [1.165, 1.54) is 0 Å². The van der Waals surface area contributed by atoms with Gasteiger partial charge < -0.3 is 10.0 Å². The van der Waals surface area contributed by atoms with Gasteiger partial charge >= 0.3 is 5.97 Å². The second kappa shape index (κ2) is 5.44. The van der Waals surface area contributed by atoms with Gasteiger partial charge in [-0.05, 0) is 31.1 Å². The predicted octanol–water partition coefficient (Wildman–Crippen LogP) is 2.59. The predicted molar refractivity (Wildman–Crippen MR) is 82.4 cm³/mol. The molecule has 0 aliphatic heterocycles. The number of pyridine rings is 1. The Balaban J connectivity index is 2.12. The van der Waals surface area contributed by atoms with Crippen molar-refractivity contribution in [1.82, 2.24) is 9.38 Å². The van der Waals surface area contributed by atoms with Crippen LogP contribution in [0.2, 0.25) is 0 Å². The highest BCUT2D eigenvalue weighted by atomic mass is 16.4. The van der Waals surface area contributed by atoms with Crippen molar-refractivity contribution >= 4 is 23.5 Å². The lowest BCUT2D eigenvalue weighted by atomic mass is 10.3. The Morgan fingerprint density at radius 1 is 1.52 bits per heavy atom. The summed E-state index contributed by atoms with van der Waals surface area (Å²) < 4.78 is 1.91. The number of carboxylic acids is 1. The van der Waals surface area contributed by atoms with E-state index in [1.54, 1.807) is 6.08 Å². The fourth-order valence-electron chi connectivity index (χ4n) is 2.45. The van der Waals surface area contributed by atoms with Crippen LogP contribution in [0.1, 0.15) is 18.5 Å². The van der Waals surface area contributed by atoms with Crippen LogP contribution >= 0.6 is 0 Å². The average molecular weight is 283 g/mol. The maximum Gasteiger partial charge on any atom is 0.328 e. The monoisotopic (exact) mass is 283 g/mol. The van der Waals surface area contributed by atoms with E-state index in [0.717, 1.165) is 36.1 Å². The van der Waals surface area contributed by atoms with Crippen molar-refractivity contribution in [2.75, 3.05) is 11.4 Å². The van der Waals surface area contributed by atoms with Crippen molar-refractivity contribution in [3.8, 4) is 0 Å². The number of rotatable bonds is 6. The highest BCUT2D eigenvalue weighted by Gasteiger charge is 2.31. The van der Waals surface area contributed by atoms with Gasteiger partial charge in [-0.3, -0.25) is 4.40 Å². The largest absolute Gasteiger partial charge is 0.478 e. The molecule has 0 bridgehead atoms. The molecule has 2 aromatic rings. The molecule has 0 radical (unpaired) electrons. The van der Waals surface area contributed by atoms with Gasteiger partial charge in [0.1, 0.15) is 5.65 Å². The molecule has 1 aliphatic rings. The Kier molecular flexibility index (Phi) is 3.48. The summed E-state index contributed by atoms with van der Waals surface area (Å²) in [7, 11) is 0. The minimum absolute atomic E-state index is 0.477. The molecule has 1 fully saturated rings. The van der Waals surface area contributed by atoms with Gasteiger partial charge in [0.05, 0.1) is 5.69 Å². The number of hydrogen-bond acceptors (Lipinski definition) is 3. The molecule has 0 unspecified atom stereocenters. The minimum atomic E-state index is -0.964. The van der Waals surface area contributed by atoms with Gasteiger partial charge in [-0.2, -0.15) is 0 Å². The zero-order chi connectivity index (χ0) is 14.8. The van der Waals surface area contributed by atoms with Crippen molar-refractivity contribution in [2.45, 2.75) is 18.9 Å². The van der Waals surface area contributed by atoms with Crippen molar-refractivity contribution < 1.29 is 9.90 Å². The summed E-state index contributed by atoms with van der Waals surface area (Å²) >= 11 is 0. The quantitative estimate of drug-likeness (QED) is 0.654. The fraction of sp³-hybridized carbons (Fsp3) is 0.250. The lowest BCUT2D eigenvalue weighted by molar-refractivity contribution is -0.131. The van der Waals surface area contributed by atoms with Crippen molar-refractivity contribution in [2.24, 2.45) is 0 Å². The Labute approximate surface area is 122 Å². The Morgan fingerprint density at radius 3 is 3.00 bits per heavy atom. The van der Waals surface area contributed by atoms with E-state index in [2.05, 4.69) is 16.5 Å². The molecule has 2 aromatic heterocycles. The van der Waals surface area contributed by atoms with Gasteiger partial charge in [0.2, 0.25) is 0 Å². The van der Waals surface area contributed by atoms with Crippen molar-refractivity contribution in [3.63, 3.8) is 0 Å². The number of aromatic nitrogens is 2. The zero-order valence-corrected chi connectivity index (χ0v) is 11.6. The van der Waals surface area contributed by atoms with Gasteiger partial charge in [-0.25, -0.2) is 9.78 Å². The molecule has 108 valence electrons. The molecule has 1 N–H and O–H groups in total. The molecule has 0 aromatic carbocycles. The van der Waals surface area contributed by atoms with E-state index in [4.69, 9.17) is 5.11 Å². The van der Waals surface area contributed by atoms with E-state index in [1.807, 2.05) is 34.9 Å². The number of aliphatic carboxylic acids is 1. The number of carbonyl (C=O) groups is 1. The molecule has 0 saturated heterocycles. The number of imidazole rings is 1. The van der Waals surface area contributed by atoms with Crippen LogP contribution in [0, 0.1) is 0 Å². The number of fused-ring (bicyclic) bond motifs is 1. The first-order chi connectivity index (χ1) is 10.2. The topological polar surface area (TPSA) is 57.8 Å². The lowest BCUT2D eigenvalue weighted by Crippen LogP contribution is -2.26. The van der Waals surface area contributed by atoms with Crippen LogP contribution in [-0.4, -0.2) is 33.0 Å². The van der Waals surface area contributed by atoms with E-state index < -0.39 is 5.97 Å². The van der Waals surface area contributed by atoms with E-state index in [9.17, 15) is 4.79 Å².